The van der Waals surface area contributed by atoms with E-state index < -0.39 is 4.92 Å². The number of fused-ring (bicyclic) bond motifs is 1. The van der Waals surface area contributed by atoms with Crippen LogP contribution in [-0.4, -0.2) is 15.6 Å². The number of nitrogens with zero attached hydrogens (tertiary/aromatic N) is 4. The largest absolute Gasteiger partial charge is 0.294 e. The quantitative estimate of drug-likeness (QED) is 0.449. The Hall–Kier alpha value is -3.31. The predicted octanol–water partition coefficient (Wildman–Crippen LogP) is 3.54. The molecule has 8 heteroatoms. The summed E-state index contributed by atoms with van der Waals surface area (Å²) in [5, 5.41) is 24.7. The number of benzene rings is 2. The molecule has 0 amide bonds. The standard InChI is InChI=1S/C15H9N5O2S/c16-9-12(15-17-11-6-2-4-8-14(11)23-15)19-18-10-5-1-3-7-13(10)20(21)22/h1-8,18H/b19-12+. The van der Waals surface area contributed by atoms with E-state index in [1.165, 1.54) is 23.5 Å². The number of para-hydroxylation sites is 3. The molecule has 0 aliphatic carbocycles. The Balaban J connectivity index is 1.94. The first kappa shape index (κ1) is 14.6. The number of hydrogen-bond donors (Lipinski definition) is 1. The van der Waals surface area contributed by atoms with Gasteiger partial charge < -0.3 is 0 Å². The Kier molecular flexibility index (Phi) is 3.95. The van der Waals surface area contributed by atoms with E-state index >= 15 is 0 Å². The smallest absolute Gasteiger partial charge is 0.270 e. The first-order chi connectivity index (χ1) is 11.2. The molecule has 0 fully saturated rings. The number of rotatable bonds is 4. The maximum absolute atomic E-state index is 11.0. The van der Waals surface area contributed by atoms with Gasteiger partial charge in [0.2, 0.25) is 0 Å². The van der Waals surface area contributed by atoms with Crippen LogP contribution in [0, 0.1) is 21.4 Å². The fourth-order valence-electron chi connectivity index (χ4n) is 1.94. The van der Waals surface area contributed by atoms with Crippen molar-refractivity contribution in [2.75, 3.05) is 5.43 Å². The minimum atomic E-state index is -0.512. The first-order valence-electron chi connectivity index (χ1n) is 6.52. The van der Waals surface area contributed by atoms with Gasteiger partial charge in [-0.05, 0) is 18.2 Å². The molecule has 23 heavy (non-hydrogen) atoms. The second kappa shape index (κ2) is 6.21. The molecule has 1 aromatic heterocycles. The van der Waals surface area contributed by atoms with Crippen LogP contribution in [0.1, 0.15) is 5.01 Å². The number of nitrogens with one attached hydrogen (secondary N) is 1. The van der Waals surface area contributed by atoms with Crippen LogP contribution in [0.5, 0.6) is 0 Å². The van der Waals surface area contributed by atoms with Gasteiger partial charge in [-0.2, -0.15) is 10.4 Å². The molecule has 0 saturated carbocycles. The van der Waals surface area contributed by atoms with E-state index in [1.807, 2.05) is 30.3 Å². The molecule has 1 N–H and O–H groups in total. The van der Waals surface area contributed by atoms with Gasteiger partial charge in [0.15, 0.2) is 10.7 Å². The van der Waals surface area contributed by atoms with Crippen molar-refractivity contribution in [2.24, 2.45) is 5.10 Å². The number of nitriles is 1. The van der Waals surface area contributed by atoms with Crippen molar-refractivity contribution in [2.45, 2.75) is 0 Å². The van der Waals surface area contributed by atoms with Gasteiger partial charge >= 0.3 is 0 Å². The molecule has 0 bridgehead atoms. The molecule has 0 saturated heterocycles. The van der Waals surface area contributed by atoms with Crippen LogP contribution in [0.3, 0.4) is 0 Å². The van der Waals surface area contributed by atoms with Crippen molar-refractivity contribution in [1.29, 1.82) is 5.26 Å². The van der Waals surface area contributed by atoms with E-state index in [1.54, 1.807) is 12.1 Å². The number of anilines is 1. The number of hydrazone groups is 1. The fourth-order valence-corrected chi connectivity index (χ4v) is 2.84. The molecule has 0 radical (unpaired) electrons. The van der Waals surface area contributed by atoms with Crippen LogP contribution < -0.4 is 5.43 Å². The molecule has 3 aromatic rings. The van der Waals surface area contributed by atoms with Crippen molar-refractivity contribution in [3.63, 3.8) is 0 Å². The summed E-state index contributed by atoms with van der Waals surface area (Å²) in [6.07, 6.45) is 0. The van der Waals surface area contributed by atoms with Crippen molar-refractivity contribution in [3.05, 3.63) is 63.7 Å². The number of thiazole rings is 1. The zero-order valence-corrected chi connectivity index (χ0v) is 12.4. The first-order valence-corrected chi connectivity index (χ1v) is 7.34. The third kappa shape index (κ3) is 3.00. The van der Waals surface area contributed by atoms with E-state index in [4.69, 9.17) is 0 Å². The predicted molar refractivity (Wildman–Crippen MR) is 88.5 cm³/mol. The Labute approximate surface area is 134 Å². The van der Waals surface area contributed by atoms with Crippen LogP contribution in [0.25, 0.3) is 10.2 Å². The Morgan fingerprint density at radius 3 is 2.74 bits per heavy atom. The summed E-state index contributed by atoms with van der Waals surface area (Å²) in [5.41, 5.74) is 3.53. The highest BCUT2D eigenvalue weighted by Gasteiger charge is 2.13. The van der Waals surface area contributed by atoms with Gasteiger partial charge in [0.05, 0.1) is 15.1 Å². The molecule has 3 rings (SSSR count). The van der Waals surface area contributed by atoms with Gasteiger partial charge in [0.1, 0.15) is 11.8 Å². The molecule has 7 nitrogen and oxygen atoms in total. The maximum atomic E-state index is 11.0. The third-order valence-corrected chi connectivity index (χ3v) is 4.03. The summed E-state index contributed by atoms with van der Waals surface area (Å²) in [5.74, 6) is 0. The third-order valence-electron chi connectivity index (χ3n) is 2.99. The van der Waals surface area contributed by atoms with Gasteiger partial charge in [0.25, 0.3) is 5.69 Å². The van der Waals surface area contributed by atoms with Gasteiger partial charge in [-0.25, -0.2) is 4.98 Å². The van der Waals surface area contributed by atoms with Crippen LogP contribution in [0.4, 0.5) is 11.4 Å². The minimum absolute atomic E-state index is 0.0735. The second-order valence-corrected chi connectivity index (χ2v) is 5.48. The lowest BCUT2D eigenvalue weighted by Gasteiger charge is -2.01. The highest BCUT2D eigenvalue weighted by Crippen LogP contribution is 2.24. The second-order valence-electron chi connectivity index (χ2n) is 4.45. The van der Waals surface area contributed by atoms with Gasteiger partial charge in [-0.3, -0.25) is 15.5 Å². The summed E-state index contributed by atoms with van der Waals surface area (Å²) in [6, 6.07) is 15.6. The lowest BCUT2D eigenvalue weighted by molar-refractivity contribution is -0.384. The Bertz CT molecular complexity index is 925. The molecule has 1 heterocycles. The zero-order chi connectivity index (χ0) is 16.2. The van der Waals surface area contributed by atoms with E-state index in [9.17, 15) is 15.4 Å². The fraction of sp³-hybridized carbons (Fsp3) is 0. The van der Waals surface area contributed by atoms with Crippen molar-refractivity contribution >= 4 is 38.6 Å². The average Bonchev–Trinajstić information content (AvgIpc) is 2.99. The van der Waals surface area contributed by atoms with Crippen molar-refractivity contribution in [3.8, 4) is 6.07 Å². The maximum Gasteiger partial charge on any atom is 0.294 e. The molecule has 0 unspecified atom stereocenters. The molecule has 0 aliphatic rings. The highest BCUT2D eigenvalue weighted by atomic mass is 32.1. The molecule has 2 aromatic carbocycles. The zero-order valence-electron chi connectivity index (χ0n) is 11.6. The molecule has 0 spiro atoms. The summed E-state index contributed by atoms with van der Waals surface area (Å²) in [4.78, 5) is 14.8. The minimum Gasteiger partial charge on any atom is -0.270 e. The van der Waals surface area contributed by atoms with E-state index in [2.05, 4.69) is 15.5 Å². The topological polar surface area (TPSA) is 104 Å². The summed E-state index contributed by atoms with van der Waals surface area (Å²) < 4.78 is 0.941. The van der Waals surface area contributed by atoms with E-state index in [-0.39, 0.29) is 17.1 Å². The van der Waals surface area contributed by atoms with Gasteiger partial charge in [0, 0.05) is 6.07 Å². The van der Waals surface area contributed by atoms with Crippen LogP contribution in [-0.2, 0) is 0 Å². The lowest BCUT2D eigenvalue weighted by Crippen LogP contribution is -2.02. The molecule has 112 valence electrons. The van der Waals surface area contributed by atoms with Crippen molar-refractivity contribution in [1.82, 2.24) is 4.98 Å². The SMILES string of the molecule is N#C/C(=N\Nc1ccccc1[N+](=O)[O-])c1nc2ccccc2s1. The molecule has 0 atom stereocenters. The van der Waals surface area contributed by atoms with Crippen LogP contribution >= 0.6 is 11.3 Å². The molecule has 0 aliphatic heterocycles. The molecular weight excluding hydrogens is 314 g/mol. The normalized spacial score (nSPS) is 11.2. The number of hydrogen-bond acceptors (Lipinski definition) is 7. The number of nitro benzene ring substituents is 1. The van der Waals surface area contributed by atoms with Crippen LogP contribution in [0.2, 0.25) is 0 Å². The monoisotopic (exact) mass is 323 g/mol. The van der Waals surface area contributed by atoms with Gasteiger partial charge in [-0.15, -0.1) is 11.3 Å². The Morgan fingerprint density at radius 2 is 2.00 bits per heavy atom. The average molecular weight is 323 g/mol. The van der Waals surface area contributed by atoms with E-state index in [0.717, 1.165) is 10.2 Å². The summed E-state index contributed by atoms with van der Waals surface area (Å²) >= 11 is 1.34. The summed E-state index contributed by atoms with van der Waals surface area (Å²) in [7, 11) is 0. The van der Waals surface area contributed by atoms with Crippen molar-refractivity contribution < 1.29 is 4.92 Å². The lowest BCUT2D eigenvalue weighted by atomic mass is 10.3. The number of nitro groups is 1. The Morgan fingerprint density at radius 1 is 1.26 bits per heavy atom. The molecular formula is C15H9N5O2S. The number of aromatic nitrogens is 1. The summed E-state index contributed by atoms with van der Waals surface area (Å²) in [6.45, 7) is 0. The van der Waals surface area contributed by atoms with Crippen LogP contribution in [0.15, 0.2) is 53.6 Å². The van der Waals surface area contributed by atoms with E-state index in [0.29, 0.717) is 5.01 Å². The van der Waals surface area contributed by atoms with Gasteiger partial charge in [-0.1, -0.05) is 24.3 Å². The highest BCUT2D eigenvalue weighted by molar-refractivity contribution is 7.20.